The van der Waals surface area contributed by atoms with Crippen LogP contribution in [0.5, 0.6) is 0 Å². The fourth-order valence-electron chi connectivity index (χ4n) is 0.754. The zero-order valence-corrected chi connectivity index (χ0v) is 13.7. The Labute approximate surface area is 123 Å². The molecule has 0 unspecified atom stereocenters. The van der Waals surface area contributed by atoms with Gasteiger partial charge in [-0.3, -0.25) is 9.59 Å². The first-order valence-corrected chi connectivity index (χ1v) is 8.51. The first-order chi connectivity index (χ1) is 7.79. The number of halogens is 2. The number of pyridine rings is 2. The molecule has 2 heterocycles. The summed E-state index contributed by atoms with van der Waals surface area (Å²) in [6.45, 7) is 0. The van der Waals surface area contributed by atoms with Gasteiger partial charge in [-0.1, -0.05) is 12.1 Å². The van der Waals surface area contributed by atoms with E-state index in [4.69, 9.17) is 8.51 Å². The van der Waals surface area contributed by atoms with Crippen molar-refractivity contribution in [1.29, 1.82) is 0 Å². The summed E-state index contributed by atoms with van der Waals surface area (Å²) in [5, 5.41) is 0. The second-order valence-corrected chi connectivity index (χ2v) is 2.45. The number of aromatic nitrogens is 2. The predicted octanol–water partition coefficient (Wildman–Crippen LogP) is 1.48. The normalized spacial score (nSPS) is 7.41. The van der Waals surface area contributed by atoms with E-state index in [1.165, 1.54) is 12.1 Å². The van der Waals surface area contributed by atoms with Crippen LogP contribution in [0.4, 0.5) is 0 Å². The summed E-state index contributed by atoms with van der Waals surface area (Å²) in [5.41, 5.74) is -0.106. The Morgan fingerprint density at radius 3 is 1.29 bits per heavy atom. The molecule has 2 N–H and O–H groups in total. The van der Waals surface area contributed by atoms with Crippen molar-refractivity contribution < 1.29 is 0 Å². The van der Waals surface area contributed by atoms with Gasteiger partial charge in [-0.25, -0.2) is 0 Å². The molecule has 0 fully saturated rings. The minimum absolute atomic E-state index is 0. The van der Waals surface area contributed by atoms with Crippen LogP contribution >= 0.6 is 20.9 Å². The Bertz CT molecular complexity index is 407. The third kappa shape index (κ3) is 11.6. The van der Waals surface area contributed by atoms with Gasteiger partial charge in [0.25, 0.3) is 0 Å². The molecule has 2 radical (unpaired) electrons. The zero-order chi connectivity index (χ0) is 12.2. The molecule has 17 heavy (non-hydrogen) atoms. The number of H-pyrrole nitrogens is 2. The molecule has 7 heteroatoms. The van der Waals surface area contributed by atoms with Gasteiger partial charge in [-0.2, -0.15) is 0 Å². The van der Waals surface area contributed by atoms with E-state index >= 15 is 0 Å². The van der Waals surface area contributed by atoms with Crippen molar-refractivity contribution in [2.75, 3.05) is 0 Å². The monoisotopic (exact) mass is 470 g/mol. The van der Waals surface area contributed by atoms with E-state index in [2.05, 4.69) is 9.97 Å². The van der Waals surface area contributed by atoms with Gasteiger partial charge in [0, 0.05) is 24.5 Å². The number of rotatable bonds is 0. The van der Waals surface area contributed by atoms with E-state index in [0.29, 0.717) is 0 Å². The van der Waals surface area contributed by atoms with Crippen LogP contribution in [0.1, 0.15) is 0 Å². The third-order valence-electron chi connectivity index (χ3n) is 1.36. The molecule has 0 saturated heterocycles. The molecule has 0 spiro atoms. The van der Waals surface area contributed by atoms with Crippen LogP contribution in [0.25, 0.3) is 0 Å². The molecule has 2 rings (SSSR count). The summed E-state index contributed by atoms with van der Waals surface area (Å²) in [6, 6.07) is 9.86. The van der Waals surface area contributed by atoms with Crippen molar-refractivity contribution in [3.8, 4) is 0 Å². The summed E-state index contributed by atoms with van der Waals surface area (Å²) in [6.07, 6.45) is 3.20. The topological polar surface area (TPSA) is 65.7 Å². The maximum absolute atomic E-state index is 10.2. The average molecular weight is 471 g/mol. The van der Waals surface area contributed by atoms with Gasteiger partial charge in [-0.05, 0) is 12.1 Å². The summed E-state index contributed by atoms with van der Waals surface area (Å²) in [5.74, 6) is 0. The second-order valence-electron chi connectivity index (χ2n) is 2.45. The Morgan fingerprint density at radius 2 is 1.18 bits per heavy atom. The quantitative estimate of drug-likeness (QED) is 0.573. The van der Waals surface area contributed by atoms with E-state index in [1.807, 2.05) is 0 Å². The molecule has 0 aliphatic heterocycles. The molecule has 2 aromatic heterocycles. The Kier molecular flexibility index (Phi) is 14.8. The van der Waals surface area contributed by atoms with Crippen LogP contribution in [0, 0.1) is 0 Å². The summed E-state index contributed by atoms with van der Waals surface area (Å²) in [4.78, 5) is 25.4. The predicted molar refractivity (Wildman–Crippen MR) is 73.0 cm³/mol. The number of nitrogens with one attached hydrogen (secondary N) is 2. The number of aromatic amines is 2. The molecule has 0 saturated carbocycles. The zero-order valence-electron chi connectivity index (χ0n) is 8.67. The van der Waals surface area contributed by atoms with Crippen molar-refractivity contribution in [3.05, 3.63) is 69.5 Å². The van der Waals surface area contributed by atoms with Gasteiger partial charge in [0.1, 0.15) is 0 Å². The first kappa shape index (κ1) is 18.7. The van der Waals surface area contributed by atoms with Gasteiger partial charge in [0.2, 0.25) is 11.1 Å². The maximum atomic E-state index is 10.2. The molecule has 0 aliphatic carbocycles. The molecule has 0 bridgehead atoms. The van der Waals surface area contributed by atoms with Gasteiger partial charge in [-0.15, -0.1) is 12.4 Å². The van der Waals surface area contributed by atoms with Crippen molar-refractivity contribution >= 4 is 44.4 Å². The van der Waals surface area contributed by atoms with E-state index in [0.717, 1.165) is 23.5 Å². The molecular weight excluding hydrogens is 460 g/mol. The summed E-state index contributed by atoms with van der Waals surface area (Å²) < 4.78 is 0. The molecular formula is C10H11BiCl2N2O2. The molecule has 92 valence electrons. The Balaban J connectivity index is 0. The SMILES string of the molecule is Cl.O=c1cccc[nH]1.O=c1cccc[nH]1.[Cl][Bi]. The van der Waals surface area contributed by atoms with E-state index in [1.54, 1.807) is 36.7 Å². The first-order valence-electron chi connectivity index (χ1n) is 4.23. The standard InChI is InChI=1S/2C5H5NO.Bi.2ClH/c2*7-5-3-1-2-4-6-5;;;/h2*1-4H,(H,6,7);;2*1H/q;;+1;;/p-1. The second kappa shape index (κ2) is 13.4. The summed E-state index contributed by atoms with van der Waals surface area (Å²) in [7, 11) is 4.75. The van der Waals surface area contributed by atoms with Crippen molar-refractivity contribution in [2.45, 2.75) is 0 Å². The van der Waals surface area contributed by atoms with Gasteiger partial charge < -0.3 is 9.97 Å². The fourth-order valence-corrected chi connectivity index (χ4v) is 0.754. The Morgan fingerprint density at radius 1 is 0.824 bits per heavy atom. The van der Waals surface area contributed by atoms with Crippen LogP contribution in [-0.2, 0) is 0 Å². The van der Waals surface area contributed by atoms with Crippen LogP contribution in [0.3, 0.4) is 0 Å². The minimum atomic E-state index is -0.0532. The van der Waals surface area contributed by atoms with Crippen LogP contribution in [0.2, 0.25) is 0 Å². The average Bonchev–Trinajstić information content (AvgIpc) is 2.34. The van der Waals surface area contributed by atoms with E-state index in [-0.39, 0.29) is 23.5 Å². The van der Waals surface area contributed by atoms with Crippen LogP contribution in [-0.4, -0.2) is 33.5 Å². The summed E-state index contributed by atoms with van der Waals surface area (Å²) >= 11 is 0.917. The molecule has 0 atom stereocenters. The van der Waals surface area contributed by atoms with Gasteiger partial charge in [0.15, 0.2) is 0 Å². The van der Waals surface area contributed by atoms with Crippen LogP contribution in [0.15, 0.2) is 58.4 Å². The van der Waals surface area contributed by atoms with Crippen molar-refractivity contribution in [3.63, 3.8) is 0 Å². The Hall–Kier alpha value is -0.637. The molecule has 0 amide bonds. The van der Waals surface area contributed by atoms with Gasteiger partial charge in [0.05, 0.1) is 0 Å². The third-order valence-corrected chi connectivity index (χ3v) is 1.36. The molecule has 4 nitrogen and oxygen atoms in total. The van der Waals surface area contributed by atoms with Crippen molar-refractivity contribution in [1.82, 2.24) is 9.97 Å². The number of hydrogen-bond acceptors (Lipinski definition) is 2. The van der Waals surface area contributed by atoms with Crippen molar-refractivity contribution in [2.24, 2.45) is 0 Å². The molecule has 0 aliphatic rings. The van der Waals surface area contributed by atoms with Gasteiger partial charge >= 0.3 is 32.0 Å². The van der Waals surface area contributed by atoms with E-state index in [9.17, 15) is 9.59 Å². The van der Waals surface area contributed by atoms with E-state index < -0.39 is 0 Å². The number of hydrogen-bond donors (Lipinski definition) is 2. The van der Waals surface area contributed by atoms with Crippen LogP contribution < -0.4 is 11.1 Å². The molecule has 2 aromatic rings. The molecule has 0 aromatic carbocycles. The fraction of sp³-hybridized carbons (Fsp3) is 0.